The fraction of sp³-hybridized carbons (Fsp3) is 0.125. The number of rotatable bonds is 2. The average molecular weight is 117 g/mol. The molecule has 0 heterocycles. The number of nitriles is 1. The Hall–Kier alpha value is -1.47. The van der Waals surface area contributed by atoms with E-state index in [2.05, 4.69) is 5.92 Å². The Morgan fingerprint density at radius 3 is 2.78 bits per heavy atom. The summed E-state index contributed by atoms with van der Waals surface area (Å²) >= 11 is 0. The fourth-order valence-corrected chi connectivity index (χ4v) is 0.310. The SMILES string of the molecule is C#C/C=C\C=C/CC#N. The molecule has 0 aliphatic rings. The molecule has 0 saturated heterocycles. The smallest absolute Gasteiger partial charge is 0.0663 e. The molecular weight excluding hydrogens is 110 g/mol. The molecule has 0 aromatic heterocycles. The van der Waals surface area contributed by atoms with Gasteiger partial charge in [0.05, 0.1) is 12.5 Å². The van der Waals surface area contributed by atoms with E-state index in [4.69, 9.17) is 11.7 Å². The molecule has 0 bridgehead atoms. The van der Waals surface area contributed by atoms with Crippen LogP contribution in [-0.2, 0) is 0 Å². The number of terminal acetylenes is 1. The van der Waals surface area contributed by atoms with Gasteiger partial charge in [-0.15, -0.1) is 6.42 Å². The van der Waals surface area contributed by atoms with E-state index in [0.29, 0.717) is 6.42 Å². The first-order valence-corrected chi connectivity index (χ1v) is 2.56. The summed E-state index contributed by atoms with van der Waals surface area (Å²) < 4.78 is 0. The minimum Gasteiger partial charge on any atom is -0.198 e. The third-order valence-corrected chi connectivity index (χ3v) is 0.649. The lowest BCUT2D eigenvalue weighted by molar-refractivity contribution is 1.35. The quantitative estimate of drug-likeness (QED) is 0.398. The number of hydrogen-bond donors (Lipinski definition) is 0. The van der Waals surface area contributed by atoms with Gasteiger partial charge < -0.3 is 0 Å². The molecule has 0 aromatic rings. The summed E-state index contributed by atoms with van der Waals surface area (Å²) in [6, 6.07) is 1.97. The molecular formula is C8H7N. The zero-order valence-corrected chi connectivity index (χ0v) is 5.04. The van der Waals surface area contributed by atoms with Crippen LogP contribution in [0.4, 0.5) is 0 Å². The molecule has 0 radical (unpaired) electrons. The summed E-state index contributed by atoms with van der Waals surface area (Å²) in [5.41, 5.74) is 0. The number of allylic oxidation sites excluding steroid dienone is 4. The minimum absolute atomic E-state index is 0.439. The van der Waals surface area contributed by atoms with Crippen LogP contribution >= 0.6 is 0 Å². The zero-order chi connectivity index (χ0) is 6.95. The van der Waals surface area contributed by atoms with Crippen molar-refractivity contribution in [2.75, 3.05) is 0 Å². The highest BCUT2D eigenvalue weighted by Crippen LogP contribution is 1.80. The van der Waals surface area contributed by atoms with E-state index in [0.717, 1.165) is 0 Å². The standard InChI is InChI=1S/C8H7N/c1-2-3-4-5-6-7-8-9/h1,3-6H,7H2/b4-3-,6-5-. The van der Waals surface area contributed by atoms with Crippen molar-refractivity contribution in [2.45, 2.75) is 6.42 Å². The van der Waals surface area contributed by atoms with E-state index in [-0.39, 0.29) is 0 Å². The maximum absolute atomic E-state index is 8.06. The second-order valence-corrected chi connectivity index (χ2v) is 1.32. The van der Waals surface area contributed by atoms with Crippen molar-refractivity contribution in [3.63, 3.8) is 0 Å². The molecule has 1 nitrogen and oxygen atoms in total. The van der Waals surface area contributed by atoms with Crippen LogP contribution in [0.1, 0.15) is 6.42 Å². The lowest BCUT2D eigenvalue weighted by Crippen LogP contribution is -1.53. The van der Waals surface area contributed by atoms with Crippen molar-refractivity contribution in [2.24, 2.45) is 0 Å². The van der Waals surface area contributed by atoms with E-state index in [1.54, 1.807) is 24.3 Å². The largest absolute Gasteiger partial charge is 0.198 e. The summed E-state index contributed by atoms with van der Waals surface area (Å²) in [6.45, 7) is 0. The topological polar surface area (TPSA) is 23.8 Å². The van der Waals surface area contributed by atoms with Crippen molar-refractivity contribution in [3.8, 4) is 18.4 Å². The van der Waals surface area contributed by atoms with Gasteiger partial charge in [0, 0.05) is 0 Å². The van der Waals surface area contributed by atoms with Gasteiger partial charge >= 0.3 is 0 Å². The van der Waals surface area contributed by atoms with Crippen molar-refractivity contribution in [1.29, 1.82) is 5.26 Å². The van der Waals surface area contributed by atoms with Crippen LogP contribution in [0.15, 0.2) is 24.3 Å². The molecule has 0 fully saturated rings. The number of hydrogen-bond acceptors (Lipinski definition) is 1. The minimum atomic E-state index is 0.439. The summed E-state index contributed by atoms with van der Waals surface area (Å²) in [5, 5.41) is 8.06. The van der Waals surface area contributed by atoms with Gasteiger partial charge in [-0.3, -0.25) is 0 Å². The Bertz CT molecular complexity index is 186. The Morgan fingerprint density at radius 1 is 1.44 bits per heavy atom. The summed E-state index contributed by atoms with van der Waals surface area (Å²) in [7, 11) is 0. The van der Waals surface area contributed by atoms with Crippen molar-refractivity contribution in [3.05, 3.63) is 24.3 Å². The second kappa shape index (κ2) is 6.53. The van der Waals surface area contributed by atoms with Crippen molar-refractivity contribution < 1.29 is 0 Å². The van der Waals surface area contributed by atoms with Gasteiger partial charge in [0.2, 0.25) is 0 Å². The highest BCUT2D eigenvalue weighted by Gasteiger charge is 1.65. The maximum atomic E-state index is 8.06. The molecule has 0 aliphatic heterocycles. The van der Waals surface area contributed by atoms with Crippen LogP contribution < -0.4 is 0 Å². The van der Waals surface area contributed by atoms with E-state index < -0.39 is 0 Å². The Kier molecular flexibility index (Phi) is 5.46. The molecule has 1 heteroatoms. The van der Waals surface area contributed by atoms with Gasteiger partial charge in [-0.25, -0.2) is 0 Å². The monoisotopic (exact) mass is 117 g/mol. The molecule has 0 N–H and O–H groups in total. The van der Waals surface area contributed by atoms with Crippen LogP contribution in [0.3, 0.4) is 0 Å². The molecule has 0 unspecified atom stereocenters. The lowest BCUT2D eigenvalue weighted by atomic mass is 10.4. The molecule has 0 atom stereocenters. The molecule has 0 amide bonds. The van der Waals surface area contributed by atoms with Gasteiger partial charge in [0.25, 0.3) is 0 Å². The third kappa shape index (κ3) is 6.53. The number of nitrogens with zero attached hydrogens (tertiary/aromatic N) is 1. The Morgan fingerprint density at radius 2 is 2.22 bits per heavy atom. The predicted molar refractivity (Wildman–Crippen MR) is 37.3 cm³/mol. The van der Waals surface area contributed by atoms with Crippen molar-refractivity contribution in [1.82, 2.24) is 0 Å². The first kappa shape index (κ1) is 7.53. The van der Waals surface area contributed by atoms with E-state index in [9.17, 15) is 0 Å². The summed E-state index contributed by atoms with van der Waals surface area (Å²) in [4.78, 5) is 0. The average Bonchev–Trinajstić information content (AvgIpc) is 1.89. The third-order valence-electron chi connectivity index (χ3n) is 0.649. The van der Waals surface area contributed by atoms with Gasteiger partial charge in [-0.05, 0) is 6.08 Å². The van der Waals surface area contributed by atoms with Gasteiger partial charge in [-0.2, -0.15) is 5.26 Å². The highest BCUT2D eigenvalue weighted by molar-refractivity contribution is 5.15. The van der Waals surface area contributed by atoms with E-state index >= 15 is 0 Å². The van der Waals surface area contributed by atoms with E-state index in [1.165, 1.54) is 0 Å². The van der Waals surface area contributed by atoms with Crippen LogP contribution in [0.5, 0.6) is 0 Å². The zero-order valence-electron chi connectivity index (χ0n) is 5.04. The molecule has 0 saturated carbocycles. The fourth-order valence-electron chi connectivity index (χ4n) is 0.310. The Balaban J connectivity index is 3.41. The first-order chi connectivity index (χ1) is 4.41. The molecule has 44 valence electrons. The summed E-state index contributed by atoms with van der Waals surface area (Å²) in [6.07, 6.45) is 12.1. The van der Waals surface area contributed by atoms with Crippen molar-refractivity contribution >= 4 is 0 Å². The van der Waals surface area contributed by atoms with E-state index in [1.807, 2.05) is 6.07 Å². The molecule has 0 aliphatic carbocycles. The second-order valence-electron chi connectivity index (χ2n) is 1.32. The van der Waals surface area contributed by atoms with Crippen LogP contribution in [0, 0.1) is 23.7 Å². The van der Waals surface area contributed by atoms with Crippen LogP contribution in [0.25, 0.3) is 0 Å². The lowest BCUT2D eigenvalue weighted by Gasteiger charge is -1.69. The maximum Gasteiger partial charge on any atom is 0.0663 e. The normalized spacial score (nSPS) is 9.56. The Labute approximate surface area is 55.3 Å². The molecule has 0 rings (SSSR count). The molecule has 9 heavy (non-hydrogen) atoms. The summed E-state index contributed by atoms with van der Waals surface area (Å²) in [5.74, 6) is 2.33. The van der Waals surface area contributed by atoms with Crippen LogP contribution in [-0.4, -0.2) is 0 Å². The van der Waals surface area contributed by atoms with Gasteiger partial charge in [0.15, 0.2) is 0 Å². The van der Waals surface area contributed by atoms with Crippen LogP contribution in [0.2, 0.25) is 0 Å². The first-order valence-electron chi connectivity index (χ1n) is 2.56. The van der Waals surface area contributed by atoms with Gasteiger partial charge in [-0.1, -0.05) is 24.1 Å². The van der Waals surface area contributed by atoms with Gasteiger partial charge in [0.1, 0.15) is 0 Å². The molecule has 0 spiro atoms. The highest BCUT2D eigenvalue weighted by atomic mass is 14.2. The predicted octanol–water partition coefficient (Wildman–Crippen LogP) is 1.65. The molecule has 0 aromatic carbocycles.